The van der Waals surface area contributed by atoms with E-state index in [0.717, 1.165) is 43.9 Å². The molecule has 2 aliphatic rings. The van der Waals surface area contributed by atoms with Crippen LogP contribution in [0.1, 0.15) is 50.8 Å². The molecule has 0 saturated carbocycles. The average molecular weight is 373 g/mol. The Hall–Kier alpha value is -2.01. The summed E-state index contributed by atoms with van der Waals surface area (Å²) < 4.78 is 16.5. The van der Waals surface area contributed by atoms with E-state index >= 15 is 0 Å². The summed E-state index contributed by atoms with van der Waals surface area (Å²) in [5.41, 5.74) is 3.83. The Labute approximate surface area is 162 Å². The second-order valence-corrected chi connectivity index (χ2v) is 7.18. The number of ether oxygens (including phenoxy) is 3. The molecule has 5 heteroatoms. The summed E-state index contributed by atoms with van der Waals surface area (Å²) in [7, 11) is 1.44. The van der Waals surface area contributed by atoms with Crippen molar-refractivity contribution in [2.75, 3.05) is 33.4 Å². The number of nitrogens with zero attached hydrogens (tertiary/aromatic N) is 1. The first-order valence-electron chi connectivity index (χ1n) is 10.1. The van der Waals surface area contributed by atoms with Crippen molar-refractivity contribution < 1.29 is 19.0 Å². The molecule has 0 bridgehead atoms. The Morgan fingerprint density at radius 3 is 2.52 bits per heavy atom. The molecule has 0 aromatic heterocycles. The zero-order valence-electron chi connectivity index (χ0n) is 16.9. The predicted molar refractivity (Wildman–Crippen MR) is 105 cm³/mol. The number of carbonyl (C=O) groups is 1. The largest absolute Gasteiger partial charge is 0.490 e. The van der Waals surface area contributed by atoms with Crippen molar-refractivity contribution in [3.63, 3.8) is 0 Å². The Balaban J connectivity index is 1.96. The summed E-state index contributed by atoms with van der Waals surface area (Å²) in [5, 5.41) is 0. The Bertz CT molecular complexity index is 713. The highest BCUT2D eigenvalue weighted by atomic mass is 16.5. The van der Waals surface area contributed by atoms with Gasteiger partial charge in [0.15, 0.2) is 11.5 Å². The smallest absolute Gasteiger partial charge is 0.330 e. The van der Waals surface area contributed by atoms with E-state index in [2.05, 4.69) is 24.0 Å². The Morgan fingerprint density at radius 2 is 1.89 bits per heavy atom. The molecule has 0 amide bonds. The van der Waals surface area contributed by atoms with Crippen molar-refractivity contribution in [1.82, 2.24) is 4.90 Å². The van der Waals surface area contributed by atoms with E-state index in [1.165, 1.54) is 23.8 Å². The fourth-order valence-corrected chi connectivity index (χ4v) is 4.32. The predicted octanol–water partition coefficient (Wildman–Crippen LogP) is 3.91. The molecule has 0 aliphatic carbocycles. The number of carbonyl (C=O) groups excluding carboxylic acids is 1. The molecule has 1 aromatic carbocycles. The molecule has 2 unspecified atom stereocenters. The SMILES string of the molecule is CCOc1cc2c(cc1OCC)C1C/C(=C/C(=O)OC)C(CC)CN1CC2. The molecule has 3 rings (SSSR count). The monoisotopic (exact) mass is 373 g/mol. The third-order valence-corrected chi connectivity index (χ3v) is 5.68. The summed E-state index contributed by atoms with van der Waals surface area (Å²) >= 11 is 0. The Kier molecular flexibility index (Phi) is 6.42. The highest BCUT2D eigenvalue weighted by Gasteiger charge is 2.36. The van der Waals surface area contributed by atoms with Crippen LogP contribution in [-0.4, -0.2) is 44.3 Å². The highest BCUT2D eigenvalue weighted by Crippen LogP contribution is 2.45. The maximum atomic E-state index is 11.9. The molecule has 27 heavy (non-hydrogen) atoms. The standard InChI is InChI=1S/C22H31NO4/c1-5-15-14-23-9-8-16-11-20(26-6-2)21(27-7-3)13-18(16)19(23)10-17(15)12-22(24)25-4/h11-13,15,19H,5-10,14H2,1-4H3/b17-12-. The number of fused-ring (bicyclic) bond motifs is 3. The van der Waals surface area contributed by atoms with E-state index in [9.17, 15) is 4.79 Å². The second kappa shape index (κ2) is 8.79. The maximum absolute atomic E-state index is 11.9. The third kappa shape index (κ3) is 4.13. The van der Waals surface area contributed by atoms with Gasteiger partial charge < -0.3 is 14.2 Å². The van der Waals surface area contributed by atoms with E-state index in [0.29, 0.717) is 19.1 Å². The van der Waals surface area contributed by atoms with Gasteiger partial charge in [0.25, 0.3) is 0 Å². The Morgan fingerprint density at radius 1 is 1.19 bits per heavy atom. The van der Waals surface area contributed by atoms with Crippen molar-refractivity contribution >= 4 is 5.97 Å². The lowest BCUT2D eigenvalue weighted by molar-refractivity contribution is -0.135. The zero-order valence-corrected chi connectivity index (χ0v) is 16.9. The summed E-state index contributed by atoms with van der Waals surface area (Å²) in [6.07, 6.45) is 4.62. The van der Waals surface area contributed by atoms with Crippen molar-refractivity contribution in [3.8, 4) is 11.5 Å². The minimum Gasteiger partial charge on any atom is -0.490 e. The van der Waals surface area contributed by atoms with Crippen LogP contribution >= 0.6 is 0 Å². The number of rotatable bonds is 6. The van der Waals surface area contributed by atoms with Crippen LogP contribution in [0, 0.1) is 5.92 Å². The maximum Gasteiger partial charge on any atom is 0.330 e. The lowest BCUT2D eigenvalue weighted by Gasteiger charge is -2.45. The molecule has 5 nitrogen and oxygen atoms in total. The molecular weight excluding hydrogens is 342 g/mol. The minimum absolute atomic E-state index is 0.255. The number of hydrogen-bond donors (Lipinski definition) is 0. The number of piperidine rings is 1. The lowest BCUT2D eigenvalue weighted by atomic mass is 9.79. The first-order chi connectivity index (χ1) is 13.1. The molecule has 1 fully saturated rings. The van der Waals surface area contributed by atoms with Crippen LogP contribution < -0.4 is 9.47 Å². The molecule has 2 atom stereocenters. The molecule has 148 valence electrons. The molecule has 2 aliphatic heterocycles. The molecular formula is C22H31NO4. The van der Waals surface area contributed by atoms with Crippen molar-refractivity contribution in [2.45, 2.75) is 46.1 Å². The van der Waals surface area contributed by atoms with Crippen molar-refractivity contribution in [2.24, 2.45) is 5.92 Å². The number of hydrogen-bond acceptors (Lipinski definition) is 5. The first kappa shape index (κ1) is 19.7. The summed E-state index contributed by atoms with van der Waals surface area (Å²) in [6, 6.07) is 4.58. The summed E-state index contributed by atoms with van der Waals surface area (Å²) in [6.45, 7) is 9.44. The van der Waals surface area contributed by atoms with Crippen LogP contribution in [0.4, 0.5) is 0 Å². The lowest BCUT2D eigenvalue weighted by Crippen LogP contribution is -2.43. The average Bonchev–Trinajstić information content (AvgIpc) is 2.68. The zero-order chi connectivity index (χ0) is 19.4. The fourth-order valence-electron chi connectivity index (χ4n) is 4.32. The van der Waals surface area contributed by atoms with Crippen LogP contribution in [0.25, 0.3) is 0 Å². The normalized spacial score (nSPS) is 23.5. The van der Waals surface area contributed by atoms with Gasteiger partial charge >= 0.3 is 5.97 Å². The van der Waals surface area contributed by atoms with Crippen LogP contribution in [-0.2, 0) is 16.0 Å². The molecule has 2 heterocycles. The minimum atomic E-state index is -0.255. The van der Waals surface area contributed by atoms with Crippen LogP contribution in [0.5, 0.6) is 11.5 Å². The van der Waals surface area contributed by atoms with Gasteiger partial charge in [-0.25, -0.2) is 4.79 Å². The molecule has 1 aromatic rings. The number of esters is 1. The first-order valence-corrected chi connectivity index (χ1v) is 10.1. The quantitative estimate of drug-likeness (QED) is 0.559. The van der Waals surface area contributed by atoms with Gasteiger partial charge in [0, 0.05) is 25.2 Å². The van der Waals surface area contributed by atoms with Crippen molar-refractivity contribution in [3.05, 3.63) is 34.9 Å². The fraction of sp³-hybridized carbons (Fsp3) is 0.591. The topological polar surface area (TPSA) is 48.0 Å². The van der Waals surface area contributed by atoms with Gasteiger partial charge in [0.2, 0.25) is 0 Å². The third-order valence-electron chi connectivity index (χ3n) is 5.68. The van der Waals surface area contributed by atoms with Gasteiger partial charge in [-0.3, -0.25) is 4.90 Å². The van der Waals surface area contributed by atoms with E-state index < -0.39 is 0 Å². The van der Waals surface area contributed by atoms with E-state index in [1.54, 1.807) is 6.08 Å². The van der Waals surface area contributed by atoms with Crippen LogP contribution in [0.15, 0.2) is 23.8 Å². The van der Waals surface area contributed by atoms with E-state index in [-0.39, 0.29) is 12.0 Å². The van der Waals surface area contributed by atoms with Gasteiger partial charge in [0.05, 0.1) is 20.3 Å². The summed E-state index contributed by atoms with van der Waals surface area (Å²) in [5.74, 6) is 1.81. The van der Waals surface area contributed by atoms with Gasteiger partial charge in [-0.1, -0.05) is 12.5 Å². The molecule has 1 saturated heterocycles. The second-order valence-electron chi connectivity index (χ2n) is 7.18. The summed E-state index contributed by atoms with van der Waals surface area (Å²) in [4.78, 5) is 14.4. The number of methoxy groups -OCH3 is 1. The van der Waals surface area contributed by atoms with Crippen molar-refractivity contribution in [1.29, 1.82) is 0 Å². The van der Waals surface area contributed by atoms with E-state index in [4.69, 9.17) is 14.2 Å². The molecule has 0 N–H and O–H groups in total. The highest BCUT2D eigenvalue weighted by molar-refractivity contribution is 5.82. The van der Waals surface area contributed by atoms with Gasteiger partial charge in [-0.05, 0) is 62.3 Å². The molecule has 0 spiro atoms. The van der Waals surface area contributed by atoms with Gasteiger partial charge in [-0.15, -0.1) is 0 Å². The van der Waals surface area contributed by atoms with Gasteiger partial charge in [-0.2, -0.15) is 0 Å². The van der Waals surface area contributed by atoms with Gasteiger partial charge in [0.1, 0.15) is 0 Å². The molecule has 0 radical (unpaired) electrons. The number of benzene rings is 1. The van der Waals surface area contributed by atoms with E-state index in [1.807, 2.05) is 13.8 Å². The van der Waals surface area contributed by atoms with Crippen LogP contribution in [0.2, 0.25) is 0 Å². The van der Waals surface area contributed by atoms with Crippen LogP contribution in [0.3, 0.4) is 0 Å².